The smallest absolute Gasteiger partial charge is 0.257 e. The van der Waals surface area contributed by atoms with Gasteiger partial charge in [0.25, 0.3) is 5.91 Å². The van der Waals surface area contributed by atoms with Crippen LogP contribution in [-0.2, 0) is 0 Å². The number of benzene rings is 2. The first-order valence-electron chi connectivity index (χ1n) is 9.04. The van der Waals surface area contributed by atoms with Gasteiger partial charge in [-0.05, 0) is 30.4 Å². The van der Waals surface area contributed by atoms with Gasteiger partial charge >= 0.3 is 0 Å². The van der Waals surface area contributed by atoms with Crippen LogP contribution in [0.5, 0.6) is 11.5 Å². The number of amides is 1. The third kappa shape index (κ3) is 3.82. The third-order valence-electron chi connectivity index (χ3n) is 4.92. The Labute approximate surface area is 178 Å². The van der Waals surface area contributed by atoms with E-state index in [4.69, 9.17) is 21.7 Å². The standard InChI is InChI=1S/C19H14F5N3O3S/c20-12-13(21)15(23)17(16(24)14(12)22)26-3-5-27(6-4-26)19(31)25-18(28)9-1-2-10-11(7-9)30-8-29-10/h1-2,7H,3-6,8H2,(H,25,28,31). The van der Waals surface area contributed by atoms with Crippen molar-refractivity contribution in [3.05, 3.63) is 52.8 Å². The highest BCUT2D eigenvalue weighted by Gasteiger charge is 2.31. The maximum absolute atomic E-state index is 14.0. The van der Waals surface area contributed by atoms with Crippen LogP contribution in [0.15, 0.2) is 18.2 Å². The van der Waals surface area contributed by atoms with E-state index >= 15 is 0 Å². The van der Waals surface area contributed by atoms with Crippen LogP contribution in [-0.4, -0.2) is 48.9 Å². The Morgan fingerprint density at radius 2 is 1.45 bits per heavy atom. The molecule has 2 aromatic rings. The number of anilines is 1. The van der Waals surface area contributed by atoms with E-state index in [2.05, 4.69) is 5.32 Å². The van der Waals surface area contributed by atoms with Gasteiger partial charge in [-0.2, -0.15) is 0 Å². The van der Waals surface area contributed by atoms with Gasteiger partial charge in [-0.1, -0.05) is 0 Å². The zero-order chi connectivity index (χ0) is 22.3. The first-order valence-corrected chi connectivity index (χ1v) is 9.45. The topological polar surface area (TPSA) is 54.0 Å². The lowest BCUT2D eigenvalue weighted by atomic mass is 10.2. The molecule has 2 aliphatic heterocycles. The number of carbonyl (C=O) groups excluding carboxylic acids is 1. The summed E-state index contributed by atoms with van der Waals surface area (Å²) in [7, 11) is 0. The first-order chi connectivity index (χ1) is 14.8. The Kier molecular flexibility index (Phi) is 5.56. The van der Waals surface area contributed by atoms with Gasteiger partial charge in [0.15, 0.2) is 39.9 Å². The van der Waals surface area contributed by atoms with Crippen molar-refractivity contribution in [1.82, 2.24) is 10.2 Å². The van der Waals surface area contributed by atoms with Crippen molar-refractivity contribution in [2.24, 2.45) is 0 Å². The lowest BCUT2D eigenvalue weighted by molar-refractivity contribution is 0.0972. The second-order valence-corrected chi connectivity index (χ2v) is 7.11. The van der Waals surface area contributed by atoms with E-state index in [0.29, 0.717) is 11.5 Å². The fourth-order valence-electron chi connectivity index (χ4n) is 3.29. The number of ether oxygens (including phenoxy) is 2. The molecule has 2 heterocycles. The number of thiocarbonyl (C=S) groups is 1. The van der Waals surface area contributed by atoms with Crippen LogP contribution in [0.25, 0.3) is 0 Å². The summed E-state index contributed by atoms with van der Waals surface area (Å²) in [5, 5.41) is 2.62. The van der Waals surface area contributed by atoms with E-state index in [9.17, 15) is 26.7 Å². The summed E-state index contributed by atoms with van der Waals surface area (Å²) in [6, 6.07) is 4.62. The molecule has 0 radical (unpaired) electrons. The molecule has 2 aromatic carbocycles. The summed E-state index contributed by atoms with van der Waals surface area (Å²) >= 11 is 5.22. The predicted molar refractivity (Wildman–Crippen MR) is 103 cm³/mol. The lowest BCUT2D eigenvalue weighted by Crippen LogP contribution is -2.53. The molecule has 0 unspecified atom stereocenters. The van der Waals surface area contributed by atoms with Crippen molar-refractivity contribution in [3.8, 4) is 11.5 Å². The number of rotatable bonds is 2. The van der Waals surface area contributed by atoms with Crippen LogP contribution in [0.3, 0.4) is 0 Å². The van der Waals surface area contributed by atoms with Crippen molar-refractivity contribution < 1.29 is 36.2 Å². The van der Waals surface area contributed by atoms with Gasteiger partial charge in [-0.25, -0.2) is 22.0 Å². The molecule has 0 spiro atoms. The van der Waals surface area contributed by atoms with E-state index in [0.717, 1.165) is 4.90 Å². The summed E-state index contributed by atoms with van der Waals surface area (Å²) in [5.41, 5.74) is -0.696. The maximum Gasteiger partial charge on any atom is 0.257 e. The van der Waals surface area contributed by atoms with Crippen LogP contribution in [0.2, 0.25) is 0 Å². The first kappa shape index (κ1) is 21.1. The van der Waals surface area contributed by atoms with Crippen LogP contribution < -0.4 is 19.7 Å². The molecule has 1 fully saturated rings. The third-order valence-corrected chi connectivity index (χ3v) is 5.29. The number of carbonyl (C=O) groups is 1. The normalized spacial score (nSPS) is 15.3. The summed E-state index contributed by atoms with van der Waals surface area (Å²) < 4.78 is 78.6. The molecule has 12 heteroatoms. The van der Waals surface area contributed by atoms with Gasteiger partial charge in [0.05, 0.1) is 0 Å². The van der Waals surface area contributed by atoms with Crippen LogP contribution in [0.1, 0.15) is 10.4 Å². The molecule has 1 saturated heterocycles. The monoisotopic (exact) mass is 459 g/mol. The van der Waals surface area contributed by atoms with Crippen molar-refractivity contribution in [2.45, 2.75) is 0 Å². The molecule has 1 amide bonds. The van der Waals surface area contributed by atoms with Crippen LogP contribution in [0, 0.1) is 29.1 Å². The Morgan fingerprint density at radius 3 is 2.10 bits per heavy atom. The largest absolute Gasteiger partial charge is 0.454 e. The highest BCUT2D eigenvalue weighted by atomic mass is 32.1. The molecular formula is C19H14F5N3O3S. The Bertz CT molecular complexity index is 1050. The Balaban J connectivity index is 1.40. The van der Waals surface area contributed by atoms with E-state index < -0.39 is 40.7 Å². The van der Waals surface area contributed by atoms with Crippen molar-refractivity contribution in [3.63, 3.8) is 0 Å². The number of halogens is 5. The average Bonchev–Trinajstić information content (AvgIpc) is 3.25. The van der Waals surface area contributed by atoms with E-state index in [1.807, 2.05) is 0 Å². The van der Waals surface area contributed by atoms with Crippen molar-refractivity contribution in [1.29, 1.82) is 0 Å². The Morgan fingerprint density at radius 1 is 0.871 bits per heavy atom. The van der Waals surface area contributed by atoms with Crippen LogP contribution >= 0.6 is 12.2 Å². The SMILES string of the molecule is O=C(NC(=S)N1CCN(c2c(F)c(F)c(F)c(F)c2F)CC1)c1ccc2c(c1)OCO2. The molecule has 4 rings (SSSR count). The second kappa shape index (κ2) is 8.17. The number of piperazine rings is 1. The summed E-state index contributed by atoms with van der Waals surface area (Å²) in [6.07, 6.45) is 0. The zero-order valence-electron chi connectivity index (χ0n) is 15.7. The highest BCUT2D eigenvalue weighted by molar-refractivity contribution is 7.80. The quantitative estimate of drug-likeness (QED) is 0.323. The van der Waals surface area contributed by atoms with Gasteiger partial charge in [0, 0.05) is 31.7 Å². The number of nitrogens with zero attached hydrogens (tertiary/aromatic N) is 2. The molecule has 0 bridgehead atoms. The van der Waals surface area contributed by atoms with Gasteiger partial charge in [0.1, 0.15) is 5.69 Å². The zero-order valence-corrected chi connectivity index (χ0v) is 16.5. The molecule has 0 saturated carbocycles. The molecule has 1 N–H and O–H groups in total. The van der Waals surface area contributed by atoms with Gasteiger partial charge in [-0.3, -0.25) is 10.1 Å². The van der Waals surface area contributed by atoms with E-state index in [1.165, 1.54) is 12.1 Å². The minimum absolute atomic E-state index is 0.0616. The van der Waals surface area contributed by atoms with Gasteiger partial charge in [0.2, 0.25) is 12.6 Å². The lowest BCUT2D eigenvalue weighted by Gasteiger charge is -2.37. The summed E-state index contributed by atoms with van der Waals surface area (Å²) in [6.45, 7) is 0.113. The fraction of sp³-hybridized carbons (Fsp3) is 0.263. The second-order valence-electron chi connectivity index (χ2n) is 6.72. The number of hydrogen-bond donors (Lipinski definition) is 1. The fourth-order valence-corrected chi connectivity index (χ4v) is 3.57. The minimum atomic E-state index is -2.20. The molecular weight excluding hydrogens is 445 g/mol. The Hall–Kier alpha value is -3.15. The highest BCUT2D eigenvalue weighted by Crippen LogP contribution is 2.33. The van der Waals surface area contributed by atoms with Crippen molar-refractivity contribution in [2.75, 3.05) is 37.9 Å². The molecule has 6 nitrogen and oxygen atoms in total. The number of fused-ring (bicyclic) bond motifs is 1. The minimum Gasteiger partial charge on any atom is -0.454 e. The number of nitrogens with one attached hydrogen (secondary N) is 1. The summed E-state index contributed by atoms with van der Waals surface area (Å²) in [4.78, 5) is 15.0. The summed E-state index contributed by atoms with van der Waals surface area (Å²) in [5.74, 6) is -9.52. The van der Waals surface area contributed by atoms with Gasteiger partial charge < -0.3 is 19.3 Å². The molecule has 2 aliphatic rings. The molecule has 0 aromatic heterocycles. The average molecular weight is 459 g/mol. The molecule has 31 heavy (non-hydrogen) atoms. The predicted octanol–water partition coefficient (Wildman–Crippen LogP) is 2.95. The molecule has 0 atom stereocenters. The van der Waals surface area contributed by atoms with Crippen LogP contribution in [0.4, 0.5) is 27.6 Å². The molecule has 164 valence electrons. The maximum atomic E-state index is 14.0. The number of hydrogen-bond acceptors (Lipinski definition) is 5. The van der Waals surface area contributed by atoms with E-state index in [1.54, 1.807) is 11.0 Å². The molecule has 0 aliphatic carbocycles. The van der Waals surface area contributed by atoms with Crippen molar-refractivity contribution >= 4 is 28.9 Å². The van der Waals surface area contributed by atoms with Gasteiger partial charge in [-0.15, -0.1) is 0 Å². The van der Waals surface area contributed by atoms with E-state index in [-0.39, 0.29) is 43.6 Å².